The van der Waals surface area contributed by atoms with Crippen molar-refractivity contribution in [1.82, 2.24) is 8.87 Å². The molecule has 0 atom stereocenters. The molecule has 0 saturated heterocycles. The number of hydrogen-bond acceptors (Lipinski definition) is 6. The fourth-order valence-corrected chi connectivity index (χ4v) is 6.78. The molecule has 1 saturated carbocycles. The summed E-state index contributed by atoms with van der Waals surface area (Å²) in [4.78, 5) is 28.3. The molecule has 184 valence electrons. The third-order valence-corrected chi connectivity index (χ3v) is 9.22. The van der Waals surface area contributed by atoms with Crippen molar-refractivity contribution in [3.8, 4) is 0 Å². The predicted octanol–water partition coefficient (Wildman–Crippen LogP) is 4.49. The summed E-state index contributed by atoms with van der Waals surface area (Å²) in [6, 6.07) is 10.3. The van der Waals surface area contributed by atoms with E-state index < -0.39 is 20.9 Å². The van der Waals surface area contributed by atoms with Gasteiger partial charge in [-0.1, -0.05) is 36.7 Å². The fraction of sp³-hybridized carbons (Fsp3) is 0.333. The summed E-state index contributed by atoms with van der Waals surface area (Å²) in [7, 11) is -2.04. The van der Waals surface area contributed by atoms with Gasteiger partial charge >= 0.3 is 0 Å². The smallest absolute Gasteiger partial charge is 0.279 e. The first kappa shape index (κ1) is 25.0. The lowest BCUT2D eigenvalue weighted by Crippen LogP contribution is -2.38. The number of nitro groups is 1. The molecule has 1 fully saturated rings. The number of benzene rings is 2. The molecule has 1 heterocycles. The molecular formula is C24H26N4O5S2. The Morgan fingerprint density at radius 2 is 1.91 bits per heavy atom. The summed E-state index contributed by atoms with van der Waals surface area (Å²) in [5.74, 6) is -0.534. The molecule has 3 aromatic rings. The first-order chi connectivity index (χ1) is 16.7. The van der Waals surface area contributed by atoms with Crippen molar-refractivity contribution in [2.24, 2.45) is 4.99 Å². The van der Waals surface area contributed by atoms with Crippen molar-refractivity contribution >= 4 is 43.2 Å². The minimum atomic E-state index is -3.66. The Balaban J connectivity index is 1.63. The van der Waals surface area contributed by atoms with E-state index in [0.29, 0.717) is 21.6 Å². The van der Waals surface area contributed by atoms with Crippen molar-refractivity contribution < 1.29 is 18.1 Å². The number of amides is 1. The zero-order chi connectivity index (χ0) is 25.2. The van der Waals surface area contributed by atoms with Crippen LogP contribution in [-0.4, -0.2) is 41.2 Å². The molecule has 1 aliphatic carbocycles. The van der Waals surface area contributed by atoms with Crippen molar-refractivity contribution in [2.75, 3.05) is 7.05 Å². The molecule has 2 aromatic carbocycles. The summed E-state index contributed by atoms with van der Waals surface area (Å²) >= 11 is 1.17. The third-order valence-electron chi connectivity index (χ3n) is 6.25. The van der Waals surface area contributed by atoms with Gasteiger partial charge in [0, 0.05) is 37.3 Å². The number of aromatic nitrogens is 1. The second-order valence-electron chi connectivity index (χ2n) is 8.45. The van der Waals surface area contributed by atoms with Gasteiger partial charge in [-0.25, -0.2) is 8.42 Å². The highest BCUT2D eigenvalue weighted by atomic mass is 32.2. The van der Waals surface area contributed by atoms with Crippen molar-refractivity contribution in [3.05, 3.63) is 75.6 Å². The summed E-state index contributed by atoms with van der Waals surface area (Å²) in [6.45, 7) is 4.10. The molecule has 4 rings (SSSR count). The van der Waals surface area contributed by atoms with E-state index in [2.05, 4.69) is 11.6 Å². The van der Waals surface area contributed by atoms with E-state index in [1.54, 1.807) is 23.8 Å². The molecular weight excluding hydrogens is 488 g/mol. The van der Waals surface area contributed by atoms with Crippen LogP contribution in [0.5, 0.6) is 0 Å². The molecule has 1 amide bonds. The van der Waals surface area contributed by atoms with E-state index in [-0.39, 0.29) is 22.2 Å². The van der Waals surface area contributed by atoms with Crippen LogP contribution in [0, 0.1) is 10.1 Å². The van der Waals surface area contributed by atoms with Gasteiger partial charge in [0.15, 0.2) is 4.80 Å². The number of carbonyl (C=O) groups excluding carboxylic acids is 1. The maximum atomic E-state index is 13.1. The van der Waals surface area contributed by atoms with Gasteiger partial charge in [-0.3, -0.25) is 14.9 Å². The molecule has 0 spiro atoms. The second kappa shape index (κ2) is 10.2. The molecule has 9 nitrogen and oxygen atoms in total. The van der Waals surface area contributed by atoms with E-state index in [4.69, 9.17) is 0 Å². The van der Waals surface area contributed by atoms with Crippen molar-refractivity contribution in [2.45, 2.75) is 49.6 Å². The first-order valence-electron chi connectivity index (χ1n) is 11.3. The lowest BCUT2D eigenvalue weighted by Gasteiger charge is -2.30. The summed E-state index contributed by atoms with van der Waals surface area (Å²) < 4.78 is 29.9. The van der Waals surface area contributed by atoms with Crippen LogP contribution in [0.1, 0.15) is 42.5 Å². The van der Waals surface area contributed by atoms with Crippen molar-refractivity contribution in [3.63, 3.8) is 0 Å². The topological polar surface area (TPSA) is 115 Å². The Bertz CT molecular complexity index is 1450. The number of rotatable bonds is 7. The lowest BCUT2D eigenvalue weighted by molar-refractivity contribution is -0.384. The van der Waals surface area contributed by atoms with E-state index >= 15 is 0 Å². The number of thiazole rings is 1. The molecule has 0 N–H and O–H groups in total. The van der Waals surface area contributed by atoms with Crippen LogP contribution in [0.15, 0.2) is 65.0 Å². The number of hydrogen-bond donors (Lipinski definition) is 0. The number of fused-ring (bicyclic) bond motifs is 1. The Morgan fingerprint density at radius 1 is 1.23 bits per heavy atom. The molecule has 0 bridgehead atoms. The molecule has 0 unspecified atom stereocenters. The maximum Gasteiger partial charge on any atom is 0.279 e. The average molecular weight is 515 g/mol. The maximum absolute atomic E-state index is 13.1. The highest BCUT2D eigenvalue weighted by Crippen LogP contribution is 2.27. The molecule has 1 aromatic heterocycles. The minimum absolute atomic E-state index is 0.00542. The quantitative estimate of drug-likeness (QED) is 0.262. The number of non-ortho nitro benzene ring substituents is 1. The molecule has 0 aliphatic heterocycles. The fourth-order valence-electron chi connectivity index (χ4n) is 4.29. The summed E-state index contributed by atoms with van der Waals surface area (Å²) in [5, 5.41) is 11.1. The highest BCUT2D eigenvalue weighted by molar-refractivity contribution is 7.89. The van der Waals surface area contributed by atoms with Crippen molar-refractivity contribution in [1.29, 1.82) is 0 Å². The van der Waals surface area contributed by atoms with E-state index in [1.807, 2.05) is 0 Å². The Hall–Kier alpha value is -3.15. The zero-order valence-electron chi connectivity index (χ0n) is 19.3. The number of allylic oxidation sites excluding steroid dienone is 1. The summed E-state index contributed by atoms with van der Waals surface area (Å²) in [6.07, 6.45) is 6.54. The Labute approximate surface area is 207 Å². The van der Waals surface area contributed by atoms with Crippen LogP contribution in [-0.2, 0) is 16.6 Å². The molecule has 35 heavy (non-hydrogen) atoms. The van der Waals surface area contributed by atoms with Crippen LogP contribution in [0.2, 0.25) is 0 Å². The Morgan fingerprint density at radius 3 is 2.54 bits per heavy atom. The van der Waals surface area contributed by atoms with E-state index in [1.165, 1.54) is 52.0 Å². The van der Waals surface area contributed by atoms with Crippen LogP contribution >= 0.6 is 11.3 Å². The highest BCUT2D eigenvalue weighted by Gasteiger charge is 2.29. The number of sulfonamides is 1. The Kier molecular flexibility index (Phi) is 7.29. The molecule has 0 radical (unpaired) electrons. The van der Waals surface area contributed by atoms with Crippen LogP contribution in [0.25, 0.3) is 10.2 Å². The third kappa shape index (κ3) is 5.12. The van der Waals surface area contributed by atoms with Gasteiger partial charge in [0.05, 0.1) is 20.0 Å². The molecule has 1 aliphatic rings. The summed E-state index contributed by atoms with van der Waals surface area (Å²) in [5.41, 5.74) is 0.912. The van der Waals surface area contributed by atoms with Gasteiger partial charge in [-0.15, -0.1) is 6.58 Å². The number of nitro benzene ring substituents is 1. The standard InChI is InChI=1S/C24H26N4O5S2/c1-3-15-27-21-14-11-19(28(30)31)16-22(21)34-24(27)25-23(29)17-9-12-20(13-10-17)35(32,33)26(2)18-7-5-4-6-8-18/h3,9-14,16,18H,1,4-8,15H2,2H3. The van der Waals surface area contributed by atoms with Gasteiger partial charge < -0.3 is 4.57 Å². The largest absolute Gasteiger partial charge is 0.312 e. The van der Waals surface area contributed by atoms with Crippen LogP contribution < -0.4 is 4.80 Å². The first-order valence-corrected chi connectivity index (χ1v) is 13.5. The number of nitrogens with zero attached hydrogens (tertiary/aromatic N) is 4. The van der Waals surface area contributed by atoms with Gasteiger partial charge in [-0.2, -0.15) is 9.30 Å². The second-order valence-corrected chi connectivity index (χ2v) is 11.5. The monoisotopic (exact) mass is 514 g/mol. The SMILES string of the molecule is C=CCn1c(=NC(=O)c2ccc(S(=O)(=O)N(C)C3CCCCC3)cc2)sc2cc([N+](=O)[O-])ccc21. The zero-order valence-corrected chi connectivity index (χ0v) is 20.9. The van der Waals surface area contributed by atoms with Crippen LogP contribution in [0.3, 0.4) is 0 Å². The minimum Gasteiger partial charge on any atom is -0.312 e. The normalized spacial score (nSPS) is 15.5. The van der Waals surface area contributed by atoms with Gasteiger partial charge in [0.2, 0.25) is 10.0 Å². The van der Waals surface area contributed by atoms with Gasteiger partial charge in [0.1, 0.15) is 0 Å². The average Bonchev–Trinajstić information content (AvgIpc) is 3.20. The molecule has 11 heteroatoms. The lowest BCUT2D eigenvalue weighted by atomic mass is 9.96. The van der Waals surface area contributed by atoms with Gasteiger partial charge in [0.25, 0.3) is 11.6 Å². The number of carbonyl (C=O) groups is 1. The van der Waals surface area contributed by atoms with Gasteiger partial charge in [-0.05, 0) is 43.2 Å². The van der Waals surface area contributed by atoms with E-state index in [0.717, 1.165) is 32.1 Å². The predicted molar refractivity (Wildman–Crippen MR) is 135 cm³/mol. The van der Waals surface area contributed by atoms with Crippen LogP contribution in [0.4, 0.5) is 5.69 Å². The van der Waals surface area contributed by atoms with E-state index in [9.17, 15) is 23.3 Å².